The number of rotatable bonds is 2. The van der Waals surface area contributed by atoms with Crippen molar-refractivity contribution in [2.75, 3.05) is 0 Å². The molecule has 0 aliphatic heterocycles. The van der Waals surface area contributed by atoms with Gasteiger partial charge in [0.2, 0.25) is 5.88 Å². The highest BCUT2D eigenvalue weighted by Crippen LogP contribution is 2.31. The molecule has 0 aliphatic carbocycles. The standard InChI is InChI=1S/C16H11BrN4O/c1-10-6-15(19-9-14(10)17)21-16(22)13(8-20-21)12-4-2-11(7-18)3-5-12/h2-6,8-9,22H,1H3. The number of hydrogen-bond acceptors (Lipinski definition) is 4. The monoisotopic (exact) mass is 354 g/mol. The van der Waals surface area contributed by atoms with Crippen LogP contribution < -0.4 is 0 Å². The number of pyridine rings is 1. The molecule has 0 saturated heterocycles. The van der Waals surface area contributed by atoms with Crippen LogP contribution in [0.15, 0.2) is 47.2 Å². The fraction of sp³-hybridized carbons (Fsp3) is 0.0625. The molecule has 6 heteroatoms. The Morgan fingerprint density at radius 2 is 1.95 bits per heavy atom. The van der Waals surface area contributed by atoms with Gasteiger partial charge in [-0.05, 0) is 52.2 Å². The van der Waals surface area contributed by atoms with Crippen LogP contribution in [-0.4, -0.2) is 19.9 Å². The molecule has 1 aromatic carbocycles. The summed E-state index contributed by atoms with van der Waals surface area (Å²) in [6, 6.07) is 10.9. The summed E-state index contributed by atoms with van der Waals surface area (Å²) in [5, 5.41) is 23.4. The summed E-state index contributed by atoms with van der Waals surface area (Å²) in [7, 11) is 0. The molecule has 108 valence electrons. The zero-order valence-corrected chi connectivity index (χ0v) is 13.2. The first-order valence-electron chi connectivity index (χ1n) is 6.50. The predicted octanol–water partition coefficient (Wildman–Crippen LogP) is 3.58. The smallest absolute Gasteiger partial charge is 0.223 e. The maximum atomic E-state index is 10.4. The van der Waals surface area contributed by atoms with Crippen LogP contribution >= 0.6 is 15.9 Å². The van der Waals surface area contributed by atoms with Crippen molar-refractivity contribution in [3.05, 3.63) is 58.3 Å². The molecule has 0 unspecified atom stereocenters. The summed E-state index contributed by atoms with van der Waals surface area (Å²) < 4.78 is 2.28. The van der Waals surface area contributed by atoms with E-state index in [2.05, 4.69) is 32.1 Å². The average molecular weight is 355 g/mol. The van der Waals surface area contributed by atoms with Crippen molar-refractivity contribution in [3.63, 3.8) is 0 Å². The summed E-state index contributed by atoms with van der Waals surface area (Å²) >= 11 is 3.39. The van der Waals surface area contributed by atoms with E-state index in [1.165, 1.54) is 4.68 Å². The molecule has 22 heavy (non-hydrogen) atoms. The molecular weight excluding hydrogens is 344 g/mol. The fourth-order valence-corrected chi connectivity index (χ4v) is 2.29. The van der Waals surface area contributed by atoms with Crippen LogP contribution in [-0.2, 0) is 0 Å². The largest absolute Gasteiger partial charge is 0.493 e. The Morgan fingerprint density at radius 3 is 2.59 bits per heavy atom. The Kier molecular flexibility index (Phi) is 3.65. The van der Waals surface area contributed by atoms with Gasteiger partial charge in [-0.25, -0.2) is 4.98 Å². The number of aryl methyl sites for hydroxylation is 1. The molecule has 2 aromatic heterocycles. The number of nitrogens with zero attached hydrogens (tertiary/aromatic N) is 4. The van der Waals surface area contributed by atoms with Gasteiger partial charge in [-0.15, -0.1) is 0 Å². The Balaban J connectivity index is 2.04. The summed E-state index contributed by atoms with van der Waals surface area (Å²) in [5.74, 6) is 0.553. The highest BCUT2D eigenvalue weighted by molar-refractivity contribution is 9.10. The van der Waals surface area contributed by atoms with E-state index in [0.29, 0.717) is 16.9 Å². The van der Waals surface area contributed by atoms with Crippen LogP contribution in [0.3, 0.4) is 0 Å². The summed E-state index contributed by atoms with van der Waals surface area (Å²) in [4.78, 5) is 4.26. The molecule has 1 N–H and O–H groups in total. The molecule has 3 aromatic rings. The van der Waals surface area contributed by atoms with Gasteiger partial charge in [-0.2, -0.15) is 15.0 Å². The van der Waals surface area contributed by atoms with Crippen molar-refractivity contribution in [1.29, 1.82) is 5.26 Å². The highest BCUT2D eigenvalue weighted by Gasteiger charge is 2.14. The van der Waals surface area contributed by atoms with E-state index in [4.69, 9.17) is 5.26 Å². The van der Waals surface area contributed by atoms with E-state index in [1.807, 2.05) is 13.0 Å². The van der Waals surface area contributed by atoms with E-state index >= 15 is 0 Å². The van der Waals surface area contributed by atoms with Gasteiger partial charge in [0.15, 0.2) is 5.82 Å². The minimum absolute atomic E-state index is 0.0129. The Morgan fingerprint density at radius 1 is 1.23 bits per heavy atom. The third kappa shape index (κ3) is 2.47. The molecule has 0 amide bonds. The van der Waals surface area contributed by atoms with Gasteiger partial charge in [-0.3, -0.25) is 0 Å². The van der Waals surface area contributed by atoms with Gasteiger partial charge in [0.25, 0.3) is 0 Å². The van der Waals surface area contributed by atoms with Crippen molar-refractivity contribution >= 4 is 15.9 Å². The second kappa shape index (κ2) is 5.62. The number of aromatic hydroxyl groups is 1. The number of benzene rings is 1. The third-order valence-electron chi connectivity index (χ3n) is 3.32. The molecule has 0 fully saturated rings. The van der Waals surface area contributed by atoms with Gasteiger partial charge in [-0.1, -0.05) is 12.1 Å². The van der Waals surface area contributed by atoms with Gasteiger partial charge < -0.3 is 5.11 Å². The lowest BCUT2D eigenvalue weighted by molar-refractivity contribution is 0.433. The maximum Gasteiger partial charge on any atom is 0.223 e. The van der Waals surface area contributed by atoms with Gasteiger partial charge >= 0.3 is 0 Å². The van der Waals surface area contributed by atoms with Crippen LogP contribution in [0.1, 0.15) is 11.1 Å². The molecule has 0 radical (unpaired) electrons. The topological polar surface area (TPSA) is 74.7 Å². The first-order valence-corrected chi connectivity index (χ1v) is 7.29. The van der Waals surface area contributed by atoms with Gasteiger partial charge in [0.1, 0.15) is 0 Å². The first kappa shape index (κ1) is 14.3. The highest BCUT2D eigenvalue weighted by atomic mass is 79.9. The quantitative estimate of drug-likeness (QED) is 0.762. The van der Waals surface area contributed by atoms with Crippen LogP contribution in [0, 0.1) is 18.3 Å². The van der Waals surface area contributed by atoms with E-state index in [9.17, 15) is 5.11 Å². The Labute approximate surface area is 135 Å². The molecule has 0 saturated carbocycles. The molecule has 2 heterocycles. The van der Waals surface area contributed by atoms with Gasteiger partial charge in [0.05, 0.1) is 23.4 Å². The van der Waals surface area contributed by atoms with Crippen molar-refractivity contribution in [1.82, 2.24) is 14.8 Å². The predicted molar refractivity (Wildman–Crippen MR) is 85.6 cm³/mol. The van der Waals surface area contributed by atoms with Crippen LogP contribution in [0.4, 0.5) is 0 Å². The fourth-order valence-electron chi connectivity index (χ4n) is 2.08. The minimum Gasteiger partial charge on any atom is -0.493 e. The number of hydrogen-bond donors (Lipinski definition) is 1. The number of aromatic nitrogens is 3. The summed E-state index contributed by atoms with van der Waals surface area (Å²) in [6.45, 7) is 1.94. The molecule has 5 nitrogen and oxygen atoms in total. The molecule has 0 atom stereocenters. The molecule has 0 aliphatic rings. The summed E-state index contributed by atoms with van der Waals surface area (Å²) in [5.41, 5.74) is 2.95. The van der Waals surface area contributed by atoms with E-state index in [1.54, 1.807) is 36.7 Å². The van der Waals surface area contributed by atoms with E-state index < -0.39 is 0 Å². The lowest BCUT2D eigenvalue weighted by Gasteiger charge is -2.05. The number of halogens is 1. The third-order valence-corrected chi connectivity index (χ3v) is 4.15. The van der Waals surface area contributed by atoms with Crippen molar-refractivity contribution < 1.29 is 5.11 Å². The minimum atomic E-state index is 0.0129. The molecular formula is C16H11BrN4O. The van der Waals surface area contributed by atoms with E-state index in [-0.39, 0.29) is 5.88 Å². The second-order valence-corrected chi connectivity index (χ2v) is 5.63. The van der Waals surface area contributed by atoms with Crippen molar-refractivity contribution in [2.45, 2.75) is 6.92 Å². The molecule has 0 bridgehead atoms. The summed E-state index contributed by atoms with van der Waals surface area (Å²) in [6.07, 6.45) is 3.25. The average Bonchev–Trinajstić information content (AvgIpc) is 2.92. The van der Waals surface area contributed by atoms with Crippen LogP contribution in [0.5, 0.6) is 5.88 Å². The maximum absolute atomic E-state index is 10.4. The van der Waals surface area contributed by atoms with Crippen LogP contribution in [0.2, 0.25) is 0 Å². The molecule has 3 rings (SSSR count). The lowest BCUT2D eigenvalue weighted by Crippen LogP contribution is -1.99. The zero-order valence-electron chi connectivity index (χ0n) is 11.7. The SMILES string of the molecule is Cc1cc(-n2ncc(-c3ccc(C#N)cc3)c2O)ncc1Br. The molecule has 0 spiro atoms. The first-order chi connectivity index (χ1) is 10.6. The van der Waals surface area contributed by atoms with Crippen LogP contribution in [0.25, 0.3) is 16.9 Å². The lowest BCUT2D eigenvalue weighted by atomic mass is 10.1. The van der Waals surface area contributed by atoms with Gasteiger partial charge in [0, 0.05) is 10.7 Å². The normalized spacial score (nSPS) is 10.4. The zero-order chi connectivity index (χ0) is 15.7. The van der Waals surface area contributed by atoms with E-state index in [0.717, 1.165) is 15.6 Å². The number of nitriles is 1. The Hall–Kier alpha value is -2.65. The van der Waals surface area contributed by atoms with Crippen molar-refractivity contribution in [2.24, 2.45) is 0 Å². The Bertz CT molecular complexity index is 878. The second-order valence-electron chi connectivity index (χ2n) is 4.77. The van der Waals surface area contributed by atoms with Crippen molar-refractivity contribution in [3.8, 4) is 28.9 Å².